The summed E-state index contributed by atoms with van der Waals surface area (Å²) in [6.07, 6.45) is 7.90. The molecular formula is C41H47N5O7. The van der Waals surface area contributed by atoms with Crippen molar-refractivity contribution in [1.82, 2.24) is 9.80 Å². The molecule has 3 aromatic rings. The van der Waals surface area contributed by atoms with E-state index in [1.165, 1.54) is 18.3 Å². The Morgan fingerprint density at radius 1 is 0.887 bits per heavy atom. The number of carbonyl (C=O) groups excluding carboxylic acids is 3. The van der Waals surface area contributed by atoms with Gasteiger partial charge in [-0.1, -0.05) is 30.2 Å². The van der Waals surface area contributed by atoms with Gasteiger partial charge in [-0.15, -0.1) is 0 Å². The van der Waals surface area contributed by atoms with E-state index in [0.717, 1.165) is 24.0 Å². The van der Waals surface area contributed by atoms with Gasteiger partial charge in [-0.2, -0.15) is 0 Å². The van der Waals surface area contributed by atoms with E-state index >= 15 is 0 Å². The van der Waals surface area contributed by atoms with Crippen LogP contribution in [-0.4, -0.2) is 80.7 Å². The van der Waals surface area contributed by atoms with Crippen molar-refractivity contribution < 1.29 is 33.3 Å². The number of anilines is 2. The van der Waals surface area contributed by atoms with Crippen LogP contribution in [0.3, 0.4) is 0 Å². The molecule has 3 aliphatic heterocycles. The number of allylic oxidation sites excluding steroid dienone is 2. The normalized spacial score (nSPS) is 17.8. The number of nitrogens with zero attached hydrogens (tertiary/aromatic N) is 3. The van der Waals surface area contributed by atoms with Crippen molar-refractivity contribution in [3.63, 3.8) is 0 Å². The Morgan fingerprint density at radius 3 is 2.19 bits per heavy atom. The Balaban J connectivity index is 1.23. The molecule has 0 saturated carbocycles. The molecule has 3 aromatic carbocycles. The second-order valence-corrected chi connectivity index (χ2v) is 13.2. The van der Waals surface area contributed by atoms with Crippen molar-refractivity contribution >= 4 is 41.0 Å². The van der Waals surface area contributed by atoms with E-state index in [1.54, 1.807) is 45.3 Å². The van der Waals surface area contributed by atoms with Crippen LogP contribution in [0.25, 0.3) is 0 Å². The fourth-order valence-electron chi connectivity index (χ4n) is 6.82. The first kappa shape index (κ1) is 37.0. The van der Waals surface area contributed by atoms with Crippen LogP contribution in [0.4, 0.5) is 17.1 Å². The Morgan fingerprint density at radius 2 is 1.57 bits per heavy atom. The topological polar surface area (TPSA) is 131 Å². The van der Waals surface area contributed by atoms with E-state index < -0.39 is 0 Å². The minimum absolute atomic E-state index is 0.0760. The van der Waals surface area contributed by atoms with Gasteiger partial charge in [0.1, 0.15) is 13.2 Å². The first-order chi connectivity index (χ1) is 25.7. The van der Waals surface area contributed by atoms with Gasteiger partial charge in [0.15, 0.2) is 23.0 Å². The van der Waals surface area contributed by atoms with E-state index in [9.17, 15) is 14.4 Å². The molecule has 1 atom stereocenters. The molecule has 3 heterocycles. The quantitative estimate of drug-likeness (QED) is 0.193. The zero-order valence-corrected chi connectivity index (χ0v) is 31.2. The average Bonchev–Trinajstić information content (AvgIpc) is 3.82. The number of hydrogen-bond donors (Lipinski definition) is 2. The third-order valence-electron chi connectivity index (χ3n) is 9.85. The number of methoxy groups -OCH3 is 2. The summed E-state index contributed by atoms with van der Waals surface area (Å²) in [5.74, 6) is 1.43. The Labute approximate surface area is 310 Å². The molecule has 0 radical (unpaired) electrons. The smallest absolute Gasteiger partial charge is 0.257 e. The van der Waals surface area contributed by atoms with Crippen LogP contribution in [0, 0.1) is 0 Å². The predicted octanol–water partition coefficient (Wildman–Crippen LogP) is 6.92. The maximum Gasteiger partial charge on any atom is 0.257 e. The minimum atomic E-state index is -0.132. The highest BCUT2D eigenvalue weighted by molar-refractivity contribution is 6.04. The zero-order chi connectivity index (χ0) is 37.6. The number of rotatable bonds is 12. The molecule has 2 saturated heterocycles. The summed E-state index contributed by atoms with van der Waals surface area (Å²) < 4.78 is 23.9. The molecular weight excluding hydrogens is 674 g/mol. The highest BCUT2D eigenvalue weighted by Gasteiger charge is 2.34. The number of aliphatic imine (C=N–C) groups is 1. The highest BCUT2D eigenvalue weighted by Crippen LogP contribution is 2.40. The number of fused-ring (bicyclic) bond motifs is 2. The molecule has 0 aliphatic carbocycles. The van der Waals surface area contributed by atoms with Crippen molar-refractivity contribution in [3.8, 4) is 23.0 Å². The van der Waals surface area contributed by atoms with Crippen LogP contribution in [-0.2, 0) is 18.0 Å². The summed E-state index contributed by atoms with van der Waals surface area (Å²) in [4.78, 5) is 47.8. The Kier molecular flexibility index (Phi) is 11.4. The van der Waals surface area contributed by atoms with E-state index in [0.29, 0.717) is 77.2 Å². The molecule has 0 aromatic heterocycles. The predicted molar refractivity (Wildman–Crippen MR) is 205 cm³/mol. The number of likely N-dealkylation sites (tertiary alicyclic amines) is 1. The van der Waals surface area contributed by atoms with E-state index in [2.05, 4.69) is 27.8 Å². The lowest BCUT2D eigenvalue weighted by Gasteiger charge is -2.20. The van der Waals surface area contributed by atoms with Gasteiger partial charge < -0.3 is 39.4 Å². The standard InChI is InChI=1S/C41H47N5O7/c1-7-25-10-11-45(21-25)40(48)31-16-35(50-5)37(18-33(31)42-4)52-23-27-12-28(14-29(13-27)44-39(47)9-3)24-53-38-19-34-32(17-36(38)51-6)41(49)46-22-26(8-2)15-30(46)20-43-34/h7-8,12-14,16-20,30,42H,9-11,15,21-24H2,1-6H3,(H,44,47)/b25-7+,26-8+. The fourth-order valence-corrected chi connectivity index (χ4v) is 6.82. The van der Waals surface area contributed by atoms with E-state index in [4.69, 9.17) is 18.9 Å². The van der Waals surface area contributed by atoms with Gasteiger partial charge in [0.25, 0.3) is 11.8 Å². The molecule has 6 rings (SSSR count). The number of nitrogens with one attached hydrogen (secondary N) is 2. The van der Waals surface area contributed by atoms with Crippen molar-refractivity contribution in [2.24, 2.45) is 4.99 Å². The third-order valence-corrected chi connectivity index (χ3v) is 9.85. The van der Waals surface area contributed by atoms with Gasteiger partial charge in [-0.3, -0.25) is 19.4 Å². The first-order valence-corrected chi connectivity index (χ1v) is 17.9. The average molecular weight is 722 g/mol. The molecule has 12 heteroatoms. The third kappa shape index (κ3) is 8.01. The van der Waals surface area contributed by atoms with Crippen LogP contribution in [0.15, 0.2) is 70.8 Å². The second kappa shape index (κ2) is 16.3. The maximum atomic E-state index is 13.5. The number of benzene rings is 3. The summed E-state index contributed by atoms with van der Waals surface area (Å²) in [7, 11) is 4.84. The van der Waals surface area contributed by atoms with Crippen molar-refractivity contribution in [3.05, 3.63) is 88.0 Å². The second-order valence-electron chi connectivity index (χ2n) is 13.2. The lowest BCUT2D eigenvalue weighted by Crippen LogP contribution is -2.35. The highest BCUT2D eigenvalue weighted by atomic mass is 16.5. The van der Waals surface area contributed by atoms with Crippen LogP contribution in [0.2, 0.25) is 0 Å². The minimum Gasteiger partial charge on any atom is -0.493 e. The molecule has 3 amide bonds. The molecule has 0 spiro atoms. The fraction of sp³-hybridized carbons (Fsp3) is 0.366. The van der Waals surface area contributed by atoms with E-state index in [-0.39, 0.29) is 37.0 Å². The monoisotopic (exact) mass is 721 g/mol. The molecule has 53 heavy (non-hydrogen) atoms. The molecule has 2 fully saturated rings. The number of ether oxygens (including phenoxy) is 4. The SMILES string of the molecule is C/C=C1\CCN(C(=O)c2cc(OC)c(OCc3cc(COc4cc5c(cc4OC)C(=O)N4C/C(=C/C)CC4C=N5)cc(NC(=O)CC)c3)cc2NC)C1. The number of carbonyl (C=O) groups is 3. The first-order valence-electron chi connectivity index (χ1n) is 17.9. The van der Waals surface area contributed by atoms with Gasteiger partial charge >= 0.3 is 0 Å². The molecule has 278 valence electrons. The Bertz CT molecular complexity index is 2000. The van der Waals surface area contributed by atoms with Crippen LogP contribution in [0.1, 0.15) is 71.9 Å². The number of hydrogen-bond acceptors (Lipinski definition) is 9. The summed E-state index contributed by atoms with van der Waals surface area (Å²) in [5, 5.41) is 6.08. The molecule has 12 nitrogen and oxygen atoms in total. The summed E-state index contributed by atoms with van der Waals surface area (Å²) >= 11 is 0. The molecule has 0 bridgehead atoms. The van der Waals surface area contributed by atoms with Crippen molar-refractivity contribution in [2.45, 2.75) is 59.3 Å². The summed E-state index contributed by atoms with van der Waals surface area (Å²) in [5.41, 5.74) is 6.69. The van der Waals surface area contributed by atoms with Gasteiger partial charge in [0.2, 0.25) is 5.91 Å². The Hall–Kier alpha value is -5.78. The van der Waals surface area contributed by atoms with Crippen LogP contribution < -0.4 is 29.6 Å². The summed E-state index contributed by atoms with van der Waals surface area (Å²) in [6, 6.07) is 12.4. The van der Waals surface area contributed by atoms with Crippen LogP contribution >= 0.6 is 0 Å². The van der Waals surface area contributed by atoms with Gasteiger partial charge in [-0.05, 0) is 68.1 Å². The molecule has 2 N–H and O–H groups in total. The summed E-state index contributed by atoms with van der Waals surface area (Å²) in [6.45, 7) is 7.90. The zero-order valence-electron chi connectivity index (χ0n) is 31.2. The van der Waals surface area contributed by atoms with Gasteiger partial charge in [0, 0.05) is 57.1 Å². The van der Waals surface area contributed by atoms with Crippen molar-refractivity contribution in [1.29, 1.82) is 0 Å². The van der Waals surface area contributed by atoms with E-state index in [1.807, 2.05) is 48.1 Å². The van der Waals surface area contributed by atoms with Gasteiger partial charge in [-0.25, -0.2) is 0 Å². The van der Waals surface area contributed by atoms with Crippen molar-refractivity contribution in [2.75, 3.05) is 51.5 Å². The lowest BCUT2D eigenvalue weighted by atomic mass is 10.1. The lowest BCUT2D eigenvalue weighted by molar-refractivity contribution is -0.115. The van der Waals surface area contributed by atoms with Crippen LogP contribution in [0.5, 0.6) is 23.0 Å². The maximum absolute atomic E-state index is 13.5. The van der Waals surface area contributed by atoms with Gasteiger partial charge in [0.05, 0.1) is 42.8 Å². The molecule has 1 unspecified atom stereocenters. The largest absolute Gasteiger partial charge is 0.493 e. The number of amides is 3. The molecule has 3 aliphatic rings.